The van der Waals surface area contributed by atoms with Gasteiger partial charge in [0.05, 0.1) is 11.3 Å². The third-order valence-corrected chi connectivity index (χ3v) is 2.57. The van der Waals surface area contributed by atoms with E-state index >= 15 is 0 Å². The minimum absolute atomic E-state index is 0.00568. The second-order valence-electron chi connectivity index (χ2n) is 2.87. The Kier molecular flexibility index (Phi) is 4.39. The molecule has 1 unspecified atom stereocenters. The SMILES string of the molecule is N#Cc1cc(N=NC(I)C(F)(F)F)ccc1F. The zero-order valence-corrected chi connectivity index (χ0v) is 10.2. The molecule has 0 amide bonds. The summed E-state index contributed by atoms with van der Waals surface area (Å²) in [5, 5.41) is 14.8. The van der Waals surface area contributed by atoms with Crippen LogP contribution in [-0.4, -0.2) is 10.2 Å². The second-order valence-corrected chi connectivity index (χ2v) is 4.05. The van der Waals surface area contributed by atoms with Crippen molar-refractivity contribution >= 4 is 28.3 Å². The van der Waals surface area contributed by atoms with Crippen molar-refractivity contribution in [2.24, 2.45) is 10.2 Å². The van der Waals surface area contributed by atoms with Crippen molar-refractivity contribution in [3.05, 3.63) is 29.6 Å². The standard InChI is InChI=1S/C9H4F4IN3/c10-7-2-1-6(3-5(7)4-15)16-17-8(14)9(11,12)13/h1-3,8H. The molecule has 1 rings (SSSR count). The first-order chi connectivity index (χ1) is 7.84. The van der Waals surface area contributed by atoms with Gasteiger partial charge in [-0.2, -0.15) is 28.7 Å². The molecular weight excluding hydrogens is 353 g/mol. The van der Waals surface area contributed by atoms with E-state index in [1.165, 1.54) is 0 Å². The quantitative estimate of drug-likeness (QED) is 0.258. The van der Waals surface area contributed by atoms with E-state index in [0.29, 0.717) is 0 Å². The van der Waals surface area contributed by atoms with Crippen molar-refractivity contribution in [1.29, 1.82) is 5.26 Å². The summed E-state index contributed by atoms with van der Waals surface area (Å²) in [6, 6.07) is 4.66. The molecule has 8 heteroatoms. The molecule has 0 radical (unpaired) electrons. The number of alkyl halides is 4. The Labute approximate surface area is 107 Å². The monoisotopic (exact) mass is 357 g/mol. The lowest BCUT2D eigenvalue weighted by molar-refractivity contribution is -0.124. The van der Waals surface area contributed by atoms with Crippen molar-refractivity contribution in [2.45, 2.75) is 10.2 Å². The van der Waals surface area contributed by atoms with E-state index in [1.54, 1.807) is 6.07 Å². The lowest BCUT2D eigenvalue weighted by Crippen LogP contribution is -2.19. The average Bonchev–Trinajstić information content (AvgIpc) is 2.26. The van der Waals surface area contributed by atoms with Crippen LogP contribution < -0.4 is 0 Å². The van der Waals surface area contributed by atoms with Crippen LogP contribution in [0.25, 0.3) is 0 Å². The Morgan fingerprint density at radius 2 is 2.00 bits per heavy atom. The van der Waals surface area contributed by atoms with Gasteiger partial charge in [-0.25, -0.2) is 4.39 Å². The lowest BCUT2D eigenvalue weighted by Gasteiger charge is -2.07. The Balaban J connectivity index is 2.90. The highest BCUT2D eigenvalue weighted by Crippen LogP contribution is 2.29. The Morgan fingerprint density at radius 3 is 2.53 bits per heavy atom. The number of rotatable bonds is 2. The third-order valence-electron chi connectivity index (χ3n) is 1.62. The van der Waals surface area contributed by atoms with Crippen LogP contribution in [0, 0.1) is 17.1 Å². The predicted octanol–water partition coefficient (Wildman–Crippen LogP) is 4.10. The minimum atomic E-state index is -4.48. The highest BCUT2D eigenvalue weighted by atomic mass is 127. The maximum absolute atomic E-state index is 12.9. The van der Waals surface area contributed by atoms with Crippen molar-refractivity contribution in [2.75, 3.05) is 0 Å². The van der Waals surface area contributed by atoms with E-state index in [2.05, 4.69) is 10.2 Å². The number of benzene rings is 1. The largest absolute Gasteiger partial charge is 0.421 e. The first-order valence-corrected chi connectivity index (χ1v) is 5.40. The van der Waals surface area contributed by atoms with Crippen LogP contribution >= 0.6 is 22.6 Å². The fourth-order valence-corrected chi connectivity index (χ4v) is 0.969. The summed E-state index contributed by atoms with van der Waals surface area (Å²) in [6.45, 7) is 0. The number of nitriles is 1. The van der Waals surface area contributed by atoms with Crippen LogP contribution in [0.1, 0.15) is 5.56 Å². The first-order valence-electron chi connectivity index (χ1n) is 4.16. The Morgan fingerprint density at radius 1 is 1.35 bits per heavy atom. The maximum Gasteiger partial charge on any atom is 0.421 e. The van der Waals surface area contributed by atoms with Crippen LogP contribution in [0.15, 0.2) is 28.4 Å². The fraction of sp³-hybridized carbons (Fsp3) is 0.222. The highest BCUT2D eigenvalue weighted by molar-refractivity contribution is 14.1. The summed E-state index contributed by atoms with van der Waals surface area (Å²) < 4.78 is 47.2. The summed E-state index contributed by atoms with van der Waals surface area (Å²) in [5.41, 5.74) is -0.299. The zero-order chi connectivity index (χ0) is 13.1. The fourth-order valence-electron chi connectivity index (χ4n) is 0.844. The molecule has 0 saturated heterocycles. The summed E-state index contributed by atoms with van der Waals surface area (Å²) in [4.78, 5) is 0. The van der Waals surface area contributed by atoms with E-state index in [-0.39, 0.29) is 11.3 Å². The second kappa shape index (κ2) is 5.39. The maximum atomic E-state index is 12.9. The number of nitrogens with zero attached hydrogens (tertiary/aromatic N) is 3. The molecule has 0 saturated carbocycles. The summed E-state index contributed by atoms with van der Waals surface area (Å²) in [7, 11) is 0. The topological polar surface area (TPSA) is 48.5 Å². The number of hydrogen-bond donors (Lipinski definition) is 0. The summed E-state index contributed by atoms with van der Waals surface area (Å²) in [5.74, 6) is -0.756. The lowest BCUT2D eigenvalue weighted by atomic mass is 10.2. The van der Waals surface area contributed by atoms with E-state index in [9.17, 15) is 17.6 Å². The van der Waals surface area contributed by atoms with Gasteiger partial charge < -0.3 is 0 Å². The molecule has 17 heavy (non-hydrogen) atoms. The highest BCUT2D eigenvalue weighted by Gasteiger charge is 2.38. The van der Waals surface area contributed by atoms with Gasteiger partial charge in [-0.05, 0) is 40.8 Å². The minimum Gasteiger partial charge on any atom is -0.206 e. The van der Waals surface area contributed by atoms with Gasteiger partial charge >= 0.3 is 6.18 Å². The molecule has 0 heterocycles. The molecular formula is C9H4F4IN3. The molecule has 0 bridgehead atoms. The average molecular weight is 357 g/mol. The Bertz CT molecular complexity index is 478. The van der Waals surface area contributed by atoms with E-state index < -0.39 is 16.0 Å². The summed E-state index contributed by atoms with van der Waals surface area (Å²) in [6.07, 6.45) is -4.48. The van der Waals surface area contributed by atoms with Gasteiger partial charge in [-0.15, -0.1) is 0 Å². The molecule has 0 aliphatic rings. The molecule has 90 valence electrons. The molecule has 3 nitrogen and oxygen atoms in total. The van der Waals surface area contributed by atoms with E-state index in [4.69, 9.17) is 5.26 Å². The Hall–Kier alpha value is -1.24. The van der Waals surface area contributed by atoms with E-state index in [1.807, 2.05) is 0 Å². The smallest absolute Gasteiger partial charge is 0.206 e. The molecule has 0 aliphatic heterocycles. The van der Waals surface area contributed by atoms with Crippen LogP contribution in [-0.2, 0) is 0 Å². The van der Waals surface area contributed by atoms with Crippen LogP contribution in [0.2, 0.25) is 0 Å². The molecule has 0 aliphatic carbocycles. The van der Waals surface area contributed by atoms with Crippen LogP contribution in [0.3, 0.4) is 0 Å². The van der Waals surface area contributed by atoms with Crippen LogP contribution in [0.5, 0.6) is 0 Å². The predicted molar refractivity (Wildman–Crippen MR) is 59.5 cm³/mol. The van der Waals surface area contributed by atoms with Crippen molar-refractivity contribution in [3.8, 4) is 6.07 Å². The van der Waals surface area contributed by atoms with Gasteiger partial charge in [0, 0.05) is 0 Å². The van der Waals surface area contributed by atoms with Crippen molar-refractivity contribution in [1.82, 2.24) is 0 Å². The van der Waals surface area contributed by atoms with Gasteiger partial charge in [0.2, 0.25) is 4.05 Å². The number of hydrogen-bond acceptors (Lipinski definition) is 3. The molecule has 1 aromatic carbocycles. The molecule has 0 N–H and O–H groups in total. The van der Waals surface area contributed by atoms with Gasteiger partial charge in [0.1, 0.15) is 11.9 Å². The molecule has 0 spiro atoms. The van der Waals surface area contributed by atoms with Crippen molar-refractivity contribution in [3.63, 3.8) is 0 Å². The van der Waals surface area contributed by atoms with Gasteiger partial charge in [0.15, 0.2) is 0 Å². The normalized spacial score (nSPS) is 13.6. The van der Waals surface area contributed by atoms with Gasteiger partial charge in [0.25, 0.3) is 0 Å². The molecule has 1 aromatic rings. The van der Waals surface area contributed by atoms with E-state index in [0.717, 1.165) is 40.8 Å². The molecule has 1 atom stereocenters. The summed E-state index contributed by atoms with van der Waals surface area (Å²) >= 11 is 1.08. The van der Waals surface area contributed by atoms with Gasteiger partial charge in [-0.1, -0.05) is 0 Å². The van der Waals surface area contributed by atoms with Crippen LogP contribution in [0.4, 0.5) is 23.2 Å². The zero-order valence-electron chi connectivity index (χ0n) is 8.04. The van der Waals surface area contributed by atoms with Crippen molar-refractivity contribution < 1.29 is 17.6 Å². The molecule has 0 aromatic heterocycles. The van der Waals surface area contributed by atoms with Gasteiger partial charge in [-0.3, -0.25) is 0 Å². The number of azo groups is 1. The number of halogens is 5. The first kappa shape index (κ1) is 13.8. The molecule has 0 fully saturated rings. The third kappa shape index (κ3) is 3.92.